The summed E-state index contributed by atoms with van der Waals surface area (Å²) in [6.07, 6.45) is 4.52. The van der Waals surface area contributed by atoms with Gasteiger partial charge in [0.1, 0.15) is 6.20 Å². The van der Waals surface area contributed by atoms with E-state index in [-0.39, 0.29) is 48.7 Å². The Morgan fingerprint density at radius 2 is 1.86 bits per heavy atom. The Bertz CT molecular complexity index is 1280. The molecular formula is C15H21N11NaO8S2+. The Morgan fingerprint density at radius 3 is 2.22 bits per heavy atom. The van der Waals surface area contributed by atoms with Crippen molar-refractivity contribution >= 4 is 52.7 Å². The molecule has 37 heavy (non-hydrogen) atoms. The molecule has 19 nitrogen and oxygen atoms in total. The van der Waals surface area contributed by atoms with E-state index in [0.29, 0.717) is 10.3 Å². The second kappa shape index (κ2) is 17.2. The SMILES string of the molecule is C.COC(=O)C(C(C)=O)[N+](=O)[O-].CSc1n[nH]c(N=N)n1.CSc1nc2ncc([N+](=O)[O-])c(=O)n2[nH]1.[Na+]. The van der Waals surface area contributed by atoms with Gasteiger partial charge in [0.05, 0.1) is 12.0 Å². The van der Waals surface area contributed by atoms with Crippen LogP contribution >= 0.6 is 23.5 Å². The molecule has 196 valence electrons. The molecule has 3 aromatic rings. The minimum Gasteiger partial charge on any atom is -0.464 e. The summed E-state index contributed by atoms with van der Waals surface area (Å²) >= 11 is 2.69. The first-order chi connectivity index (χ1) is 16.5. The summed E-state index contributed by atoms with van der Waals surface area (Å²) in [6, 6.07) is -1.88. The van der Waals surface area contributed by atoms with E-state index in [0.717, 1.165) is 24.7 Å². The van der Waals surface area contributed by atoms with Gasteiger partial charge in [-0.05, 0) is 12.5 Å². The second-order valence-electron chi connectivity index (χ2n) is 5.65. The smallest absolute Gasteiger partial charge is 0.464 e. The van der Waals surface area contributed by atoms with E-state index >= 15 is 0 Å². The largest absolute Gasteiger partial charge is 1.00 e. The van der Waals surface area contributed by atoms with Crippen molar-refractivity contribution in [1.82, 2.24) is 34.8 Å². The van der Waals surface area contributed by atoms with E-state index in [9.17, 15) is 34.6 Å². The average molecular weight is 571 g/mol. The van der Waals surface area contributed by atoms with Gasteiger partial charge in [-0.15, -0.1) is 10.2 Å². The summed E-state index contributed by atoms with van der Waals surface area (Å²) in [5.74, 6) is -1.60. The second-order valence-corrected chi connectivity index (χ2v) is 7.22. The molecule has 0 aromatic carbocycles. The maximum Gasteiger partial charge on any atom is 1.00 e. The quantitative estimate of drug-likeness (QED) is 0.0542. The van der Waals surface area contributed by atoms with Crippen LogP contribution in [0.4, 0.5) is 11.6 Å². The summed E-state index contributed by atoms with van der Waals surface area (Å²) in [5, 5.41) is 33.4. The summed E-state index contributed by atoms with van der Waals surface area (Å²) < 4.78 is 4.98. The number of hydrogen-bond donors (Lipinski definition) is 3. The predicted molar refractivity (Wildman–Crippen MR) is 125 cm³/mol. The summed E-state index contributed by atoms with van der Waals surface area (Å²) in [5.41, 5.74) is 5.17. The van der Waals surface area contributed by atoms with Crippen molar-refractivity contribution in [3.63, 3.8) is 0 Å². The van der Waals surface area contributed by atoms with Gasteiger partial charge in [-0.3, -0.25) is 34.9 Å². The van der Waals surface area contributed by atoms with Gasteiger partial charge in [-0.1, -0.05) is 31.0 Å². The summed E-state index contributed by atoms with van der Waals surface area (Å²) in [4.78, 5) is 62.6. The van der Waals surface area contributed by atoms with Crippen molar-refractivity contribution in [2.24, 2.45) is 5.11 Å². The number of carbonyl (C=O) groups is 2. The molecule has 0 amide bonds. The number of ketones is 1. The van der Waals surface area contributed by atoms with Crippen LogP contribution in [0.15, 0.2) is 26.4 Å². The van der Waals surface area contributed by atoms with Gasteiger partial charge in [0, 0.05) is 11.8 Å². The minimum absolute atomic E-state index is 0. The number of aromatic nitrogens is 7. The van der Waals surface area contributed by atoms with Gasteiger partial charge in [0.25, 0.3) is 11.7 Å². The number of carbonyl (C=O) groups excluding carboxylic acids is 2. The Labute approximate surface area is 238 Å². The number of aromatic amines is 2. The third-order valence-electron chi connectivity index (χ3n) is 3.49. The number of ether oxygens (including phenoxy) is 1. The molecule has 1 atom stereocenters. The van der Waals surface area contributed by atoms with Crippen molar-refractivity contribution < 1.29 is 53.7 Å². The normalized spacial score (nSPS) is 10.2. The maximum absolute atomic E-state index is 11.5. The average Bonchev–Trinajstić information content (AvgIpc) is 3.46. The molecule has 0 saturated carbocycles. The van der Waals surface area contributed by atoms with E-state index in [4.69, 9.17) is 5.53 Å². The molecule has 0 radical (unpaired) electrons. The van der Waals surface area contributed by atoms with Crippen molar-refractivity contribution in [1.29, 1.82) is 5.53 Å². The zero-order chi connectivity index (χ0) is 26.7. The van der Waals surface area contributed by atoms with Crippen LogP contribution in [0.3, 0.4) is 0 Å². The van der Waals surface area contributed by atoms with Crippen LogP contribution in [0.25, 0.3) is 5.78 Å². The number of nitro groups is 2. The molecule has 0 fully saturated rings. The van der Waals surface area contributed by atoms with Crippen LogP contribution in [0.5, 0.6) is 0 Å². The molecule has 0 aliphatic rings. The van der Waals surface area contributed by atoms with Crippen molar-refractivity contribution in [3.8, 4) is 0 Å². The molecule has 3 aromatic heterocycles. The van der Waals surface area contributed by atoms with E-state index < -0.39 is 38.9 Å². The fourth-order valence-electron chi connectivity index (χ4n) is 1.94. The molecule has 3 rings (SSSR count). The first-order valence-corrected chi connectivity index (χ1v) is 11.2. The topological polar surface area (TPSA) is 270 Å². The predicted octanol–water partition coefficient (Wildman–Crippen LogP) is -1.73. The number of nitrogens with one attached hydrogen (secondary N) is 3. The summed E-state index contributed by atoms with van der Waals surface area (Å²) in [7, 11) is 0.988. The number of hydrogen-bond acceptors (Lipinski definition) is 16. The van der Waals surface area contributed by atoms with Gasteiger partial charge in [0.15, 0.2) is 5.16 Å². The van der Waals surface area contributed by atoms with E-state index in [1.165, 1.54) is 23.5 Å². The summed E-state index contributed by atoms with van der Waals surface area (Å²) in [6.45, 7) is 0.963. The molecule has 3 heterocycles. The van der Waals surface area contributed by atoms with Crippen LogP contribution in [0.2, 0.25) is 0 Å². The third kappa shape index (κ3) is 10.3. The molecule has 3 N–H and O–H groups in total. The monoisotopic (exact) mass is 570 g/mol. The standard InChI is InChI=1S/C6H5N5O3S.C5H7NO5.C3H5N5S.CH4.Na/c1-15-6-8-5-7-2-3(11(13)14)4(12)10(5)9-6;1-3(7)4(6(9)10)5(8)11-2;1-9-3-5-2(6-4)7-8-3;;/h2H,1H3,(H,7,8,9);4H,1-2H3;4H,1H3,(H,5,7,8);1H4;/q;;;;+1. The van der Waals surface area contributed by atoms with Crippen LogP contribution in [0, 0.1) is 25.8 Å². The number of methoxy groups -OCH3 is 1. The molecular weight excluding hydrogens is 549 g/mol. The molecule has 0 aliphatic heterocycles. The van der Waals surface area contributed by atoms with Crippen molar-refractivity contribution in [2.45, 2.75) is 30.7 Å². The molecule has 0 saturated heterocycles. The van der Waals surface area contributed by atoms with E-state index in [1.807, 2.05) is 6.26 Å². The zero-order valence-electron chi connectivity index (χ0n) is 19.3. The minimum atomic E-state index is -1.88. The Hall–Kier alpha value is -3.27. The third-order valence-corrected chi connectivity index (χ3v) is 4.60. The number of thioether (sulfide) groups is 2. The number of nitrogens with zero attached hydrogens (tertiary/aromatic N) is 8. The Balaban J connectivity index is 0. The van der Waals surface area contributed by atoms with E-state index in [1.54, 1.807) is 6.26 Å². The van der Waals surface area contributed by atoms with Crippen LogP contribution < -0.4 is 35.1 Å². The van der Waals surface area contributed by atoms with Crippen molar-refractivity contribution in [2.75, 3.05) is 19.6 Å². The van der Waals surface area contributed by atoms with Gasteiger partial charge < -0.3 is 4.74 Å². The van der Waals surface area contributed by atoms with Crippen molar-refractivity contribution in [3.05, 3.63) is 36.8 Å². The fourth-order valence-corrected chi connectivity index (χ4v) is 2.61. The van der Waals surface area contributed by atoms with Gasteiger partial charge in [0.2, 0.25) is 10.9 Å². The van der Waals surface area contributed by atoms with Gasteiger partial charge in [-0.25, -0.2) is 20.4 Å². The molecule has 1 unspecified atom stereocenters. The number of esters is 1. The first-order valence-electron chi connectivity index (χ1n) is 8.72. The zero-order valence-corrected chi connectivity index (χ0v) is 22.9. The molecule has 0 spiro atoms. The fraction of sp³-hybridized carbons (Fsp3) is 0.400. The Kier molecular flexibility index (Phi) is 16.7. The molecule has 22 heteroatoms. The maximum atomic E-state index is 11.5. The number of rotatable bonds is 7. The van der Waals surface area contributed by atoms with Gasteiger partial charge in [-0.2, -0.15) is 14.5 Å². The molecule has 0 aliphatic carbocycles. The van der Waals surface area contributed by atoms with E-state index in [2.05, 4.69) is 40.1 Å². The first kappa shape index (κ1) is 35.9. The number of fused-ring (bicyclic) bond motifs is 1. The van der Waals surface area contributed by atoms with Crippen LogP contribution in [-0.4, -0.2) is 82.0 Å². The van der Waals surface area contributed by atoms with Gasteiger partial charge >= 0.3 is 52.8 Å². The Morgan fingerprint density at radius 1 is 1.24 bits per heavy atom. The van der Waals surface area contributed by atoms with Crippen LogP contribution in [-0.2, 0) is 14.3 Å². The molecule has 0 bridgehead atoms. The number of H-pyrrole nitrogens is 2. The van der Waals surface area contributed by atoms with Crippen LogP contribution in [0.1, 0.15) is 14.4 Å². The number of Topliss-reactive ketones (excluding diaryl/α,β-unsaturated/α-hetero) is 1.